The number of aromatic hydroxyl groups is 2. The van der Waals surface area contributed by atoms with E-state index in [1.807, 2.05) is 6.07 Å². The molecule has 0 aliphatic carbocycles. The summed E-state index contributed by atoms with van der Waals surface area (Å²) in [5.74, 6) is 0.423. The van der Waals surface area contributed by atoms with Gasteiger partial charge >= 0.3 is 0 Å². The average Bonchev–Trinajstić information content (AvgIpc) is 2.33. The van der Waals surface area contributed by atoms with E-state index >= 15 is 0 Å². The molecule has 1 aromatic carbocycles. The maximum absolute atomic E-state index is 9.54. The topological polar surface area (TPSA) is 43.7 Å². The van der Waals surface area contributed by atoms with E-state index in [1.54, 1.807) is 12.1 Å². The first-order valence-electron chi connectivity index (χ1n) is 6.34. The predicted octanol–water partition coefficient (Wildman–Crippen LogP) is 3.26. The Labute approximate surface area is 119 Å². The van der Waals surface area contributed by atoms with E-state index in [2.05, 4.69) is 18.7 Å². The summed E-state index contributed by atoms with van der Waals surface area (Å²) < 4.78 is 0. The lowest BCUT2D eigenvalue weighted by Gasteiger charge is -2.35. The Hall–Kier alpha value is -0.740. The van der Waals surface area contributed by atoms with Gasteiger partial charge in [0.15, 0.2) is 11.5 Å². The third-order valence-electron chi connectivity index (χ3n) is 3.65. The maximum atomic E-state index is 9.54. The normalized spacial score (nSPS) is 20.7. The Morgan fingerprint density at radius 2 is 1.94 bits per heavy atom. The van der Waals surface area contributed by atoms with Crippen LogP contribution in [0.3, 0.4) is 0 Å². The van der Waals surface area contributed by atoms with Crippen LogP contribution in [0.4, 0.5) is 0 Å². The van der Waals surface area contributed by atoms with Crippen molar-refractivity contribution >= 4 is 17.0 Å². The molecule has 0 amide bonds. The fraction of sp³-hybridized carbons (Fsp3) is 0.571. The fourth-order valence-electron chi connectivity index (χ4n) is 2.54. The van der Waals surface area contributed by atoms with Gasteiger partial charge in [0.2, 0.25) is 0 Å². The smallest absolute Gasteiger partial charge is 0.157 e. The van der Waals surface area contributed by atoms with Crippen molar-refractivity contribution in [1.29, 1.82) is 0 Å². The Balaban J connectivity index is 0.00000162. The van der Waals surface area contributed by atoms with Crippen LogP contribution in [0.25, 0.3) is 0 Å². The van der Waals surface area contributed by atoms with Crippen LogP contribution in [0, 0.1) is 0 Å². The van der Waals surface area contributed by atoms with Crippen LogP contribution in [0.2, 0.25) is 0 Å². The zero-order chi connectivity index (χ0) is 12.4. The van der Waals surface area contributed by atoms with Crippen molar-refractivity contribution in [2.24, 2.45) is 0 Å². The number of piperidine rings is 1. The lowest BCUT2D eigenvalue weighted by molar-refractivity contribution is 0.167. The number of phenols is 2. The van der Waals surface area contributed by atoms with Crippen molar-refractivity contribution in [3.8, 4) is 11.5 Å². The highest BCUT2D eigenvalue weighted by molar-refractivity contribution is 8.93. The second-order valence-electron chi connectivity index (χ2n) is 5.18. The lowest BCUT2D eigenvalue weighted by Crippen LogP contribution is -2.39. The van der Waals surface area contributed by atoms with Crippen LogP contribution in [-0.2, 0) is 0 Å². The highest BCUT2D eigenvalue weighted by Gasteiger charge is 2.23. The number of hydrogen-bond donors (Lipinski definition) is 2. The van der Waals surface area contributed by atoms with Crippen LogP contribution in [0.5, 0.6) is 11.5 Å². The number of nitrogens with zero attached hydrogens (tertiary/aromatic N) is 1. The minimum absolute atomic E-state index is 0. The minimum atomic E-state index is -0.0368. The molecule has 102 valence electrons. The number of likely N-dealkylation sites (tertiary alicyclic amines) is 1. The van der Waals surface area contributed by atoms with Crippen LogP contribution in [0.15, 0.2) is 18.2 Å². The predicted molar refractivity (Wildman–Crippen MR) is 78.8 cm³/mol. The van der Waals surface area contributed by atoms with Gasteiger partial charge in [0.05, 0.1) is 0 Å². The van der Waals surface area contributed by atoms with Crippen molar-refractivity contribution in [2.45, 2.75) is 38.6 Å². The molecule has 0 radical (unpaired) electrons. The highest BCUT2D eigenvalue weighted by atomic mass is 79.9. The minimum Gasteiger partial charge on any atom is -0.504 e. The number of phenolic OH excluding ortho intramolecular Hbond substituents is 2. The largest absolute Gasteiger partial charge is 0.504 e. The van der Waals surface area contributed by atoms with E-state index in [4.69, 9.17) is 0 Å². The molecule has 0 bridgehead atoms. The molecule has 0 aromatic heterocycles. The molecule has 4 heteroatoms. The second kappa shape index (κ2) is 6.43. The molecule has 1 heterocycles. The van der Waals surface area contributed by atoms with Crippen molar-refractivity contribution in [3.63, 3.8) is 0 Å². The lowest BCUT2D eigenvalue weighted by atomic mass is 9.90. The summed E-state index contributed by atoms with van der Waals surface area (Å²) in [6.07, 6.45) is 2.36. The molecule has 0 spiro atoms. The maximum Gasteiger partial charge on any atom is 0.157 e. The summed E-state index contributed by atoms with van der Waals surface area (Å²) in [4.78, 5) is 2.47. The molecular formula is C14H22BrNO2. The molecule has 18 heavy (non-hydrogen) atoms. The van der Waals surface area contributed by atoms with E-state index in [1.165, 1.54) is 6.42 Å². The van der Waals surface area contributed by atoms with Crippen LogP contribution >= 0.6 is 17.0 Å². The molecule has 2 rings (SSSR count). The first kappa shape index (κ1) is 15.3. The monoisotopic (exact) mass is 315 g/mol. The van der Waals surface area contributed by atoms with E-state index in [0.29, 0.717) is 12.0 Å². The number of benzene rings is 1. The first-order valence-corrected chi connectivity index (χ1v) is 6.34. The third-order valence-corrected chi connectivity index (χ3v) is 3.65. The SMILES string of the molecule is Br.CC(C)N1CCCC(c2ccc(O)c(O)c2)C1. The fourth-order valence-corrected chi connectivity index (χ4v) is 2.54. The molecule has 1 atom stereocenters. The van der Waals surface area contributed by atoms with Gasteiger partial charge in [-0.05, 0) is 56.8 Å². The van der Waals surface area contributed by atoms with Crippen LogP contribution < -0.4 is 0 Å². The molecule has 3 nitrogen and oxygen atoms in total. The second-order valence-corrected chi connectivity index (χ2v) is 5.18. The van der Waals surface area contributed by atoms with Gasteiger partial charge in [0.1, 0.15) is 0 Å². The molecule has 1 aliphatic heterocycles. The number of halogens is 1. The van der Waals surface area contributed by atoms with Gasteiger partial charge in [0, 0.05) is 12.6 Å². The summed E-state index contributed by atoms with van der Waals surface area (Å²) in [6.45, 7) is 6.65. The molecule has 2 N–H and O–H groups in total. The highest BCUT2D eigenvalue weighted by Crippen LogP contribution is 2.33. The Bertz CT molecular complexity index is 395. The van der Waals surface area contributed by atoms with Gasteiger partial charge in [-0.2, -0.15) is 0 Å². The Morgan fingerprint density at radius 3 is 2.56 bits per heavy atom. The van der Waals surface area contributed by atoms with E-state index in [-0.39, 0.29) is 28.5 Å². The quantitative estimate of drug-likeness (QED) is 0.823. The summed E-state index contributed by atoms with van der Waals surface area (Å²) in [6, 6.07) is 5.77. The average molecular weight is 316 g/mol. The Kier molecular flexibility index (Phi) is 5.47. The van der Waals surface area contributed by atoms with Gasteiger partial charge in [0.25, 0.3) is 0 Å². The van der Waals surface area contributed by atoms with Gasteiger partial charge in [-0.15, -0.1) is 17.0 Å². The first-order chi connectivity index (χ1) is 8.08. The molecule has 1 aromatic rings. The van der Waals surface area contributed by atoms with Gasteiger partial charge < -0.3 is 15.1 Å². The summed E-state index contributed by atoms with van der Waals surface area (Å²) in [5, 5.41) is 18.9. The molecule has 1 saturated heterocycles. The zero-order valence-electron chi connectivity index (χ0n) is 11.0. The Morgan fingerprint density at radius 1 is 1.22 bits per heavy atom. The van der Waals surface area contributed by atoms with Crippen LogP contribution in [-0.4, -0.2) is 34.2 Å². The number of rotatable bonds is 2. The summed E-state index contributed by atoms with van der Waals surface area (Å²) >= 11 is 0. The summed E-state index contributed by atoms with van der Waals surface area (Å²) in [7, 11) is 0. The molecule has 0 saturated carbocycles. The van der Waals surface area contributed by atoms with Crippen molar-refractivity contribution in [2.75, 3.05) is 13.1 Å². The molecule has 1 fully saturated rings. The number of hydrogen-bond acceptors (Lipinski definition) is 3. The van der Waals surface area contributed by atoms with Crippen LogP contribution in [0.1, 0.15) is 38.2 Å². The van der Waals surface area contributed by atoms with Gasteiger partial charge in [-0.3, -0.25) is 0 Å². The van der Waals surface area contributed by atoms with E-state index < -0.39 is 0 Å². The standard InChI is InChI=1S/C14H21NO2.BrH/c1-10(2)15-7-3-4-12(9-15)11-5-6-13(16)14(17)8-11;/h5-6,8,10,12,16-17H,3-4,7,9H2,1-2H3;1H. The summed E-state index contributed by atoms with van der Waals surface area (Å²) in [5.41, 5.74) is 1.13. The van der Waals surface area contributed by atoms with E-state index in [9.17, 15) is 10.2 Å². The van der Waals surface area contributed by atoms with Crippen molar-refractivity contribution in [3.05, 3.63) is 23.8 Å². The molecular weight excluding hydrogens is 294 g/mol. The third kappa shape index (κ3) is 3.39. The van der Waals surface area contributed by atoms with E-state index in [0.717, 1.165) is 25.1 Å². The van der Waals surface area contributed by atoms with Gasteiger partial charge in [-0.25, -0.2) is 0 Å². The molecule has 1 unspecified atom stereocenters. The van der Waals surface area contributed by atoms with Crippen molar-refractivity contribution in [1.82, 2.24) is 4.90 Å². The molecule has 1 aliphatic rings. The van der Waals surface area contributed by atoms with Gasteiger partial charge in [-0.1, -0.05) is 6.07 Å². The zero-order valence-corrected chi connectivity index (χ0v) is 12.7. The van der Waals surface area contributed by atoms with Crippen molar-refractivity contribution < 1.29 is 10.2 Å².